The lowest BCUT2D eigenvalue weighted by Gasteiger charge is -2.21. The summed E-state index contributed by atoms with van der Waals surface area (Å²) in [7, 11) is 1.71. The molecule has 20 heavy (non-hydrogen) atoms. The van der Waals surface area contributed by atoms with Crippen LogP contribution < -0.4 is 10.6 Å². The van der Waals surface area contributed by atoms with E-state index in [9.17, 15) is 4.79 Å². The third-order valence-corrected chi connectivity index (χ3v) is 2.58. The highest BCUT2D eigenvalue weighted by molar-refractivity contribution is 5.67. The summed E-state index contributed by atoms with van der Waals surface area (Å²) in [5.74, 6) is 0.620. The molecular formula is C15H32N2O3. The highest BCUT2D eigenvalue weighted by Crippen LogP contribution is 2.06. The molecule has 0 radical (unpaired) electrons. The zero-order chi connectivity index (χ0) is 15.6. The Morgan fingerprint density at radius 3 is 2.40 bits per heavy atom. The van der Waals surface area contributed by atoms with Crippen LogP contribution in [0.3, 0.4) is 0 Å². The third kappa shape index (κ3) is 12.2. The number of alkyl carbamates (subject to hydrolysis) is 1. The van der Waals surface area contributed by atoms with Crippen LogP contribution in [0.2, 0.25) is 0 Å². The minimum absolute atomic E-state index is 0.336. The van der Waals surface area contributed by atoms with Gasteiger partial charge in [0.25, 0.3) is 0 Å². The number of hydrogen-bond donors (Lipinski definition) is 2. The predicted molar refractivity (Wildman–Crippen MR) is 82.0 cm³/mol. The second kappa shape index (κ2) is 10.00. The van der Waals surface area contributed by atoms with Crippen LogP contribution in [-0.2, 0) is 9.47 Å². The molecule has 1 unspecified atom stereocenters. The fourth-order valence-electron chi connectivity index (χ4n) is 1.70. The molecule has 0 fully saturated rings. The minimum atomic E-state index is -0.443. The fourth-order valence-corrected chi connectivity index (χ4v) is 1.70. The van der Waals surface area contributed by atoms with Crippen LogP contribution in [0, 0.1) is 5.92 Å². The van der Waals surface area contributed by atoms with Gasteiger partial charge in [-0.15, -0.1) is 0 Å². The van der Waals surface area contributed by atoms with E-state index in [0.29, 0.717) is 25.1 Å². The van der Waals surface area contributed by atoms with Crippen LogP contribution >= 0.6 is 0 Å². The van der Waals surface area contributed by atoms with Gasteiger partial charge in [-0.3, -0.25) is 0 Å². The zero-order valence-corrected chi connectivity index (χ0v) is 13.9. The van der Waals surface area contributed by atoms with Crippen LogP contribution in [0.25, 0.3) is 0 Å². The van der Waals surface area contributed by atoms with Gasteiger partial charge in [0, 0.05) is 19.7 Å². The van der Waals surface area contributed by atoms with Gasteiger partial charge in [0.15, 0.2) is 0 Å². The molecule has 0 aliphatic carbocycles. The quantitative estimate of drug-likeness (QED) is 0.640. The normalized spacial score (nSPS) is 13.3. The molecule has 0 rings (SSSR count). The average molecular weight is 288 g/mol. The summed E-state index contributed by atoms with van der Waals surface area (Å²) in [4.78, 5) is 11.5. The first-order valence-corrected chi connectivity index (χ1v) is 7.43. The van der Waals surface area contributed by atoms with E-state index < -0.39 is 5.60 Å². The van der Waals surface area contributed by atoms with Gasteiger partial charge < -0.3 is 20.1 Å². The molecule has 0 saturated heterocycles. The van der Waals surface area contributed by atoms with Crippen molar-refractivity contribution in [3.63, 3.8) is 0 Å². The van der Waals surface area contributed by atoms with Gasteiger partial charge in [-0.1, -0.05) is 13.8 Å². The van der Waals surface area contributed by atoms with Crippen molar-refractivity contribution in [2.24, 2.45) is 5.92 Å². The summed E-state index contributed by atoms with van der Waals surface area (Å²) < 4.78 is 10.4. The predicted octanol–water partition coefficient (Wildman–Crippen LogP) is 2.55. The molecule has 0 aliphatic rings. The van der Waals surface area contributed by atoms with Crippen LogP contribution in [0.1, 0.15) is 47.5 Å². The molecule has 120 valence electrons. The van der Waals surface area contributed by atoms with Gasteiger partial charge in [-0.2, -0.15) is 0 Å². The van der Waals surface area contributed by atoms with Gasteiger partial charge in [-0.05, 0) is 46.1 Å². The molecule has 0 aliphatic heterocycles. The maximum Gasteiger partial charge on any atom is 0.407 e. The highest BCUT2D eigenvalue weighted by atomic mass is 16.6. The molecule has 2 N–H and O–H groups in total. The van der Waals surface area contributed by atoms with Crippen molar-refractivity contribution in [3.05, 3.63) is 0 Å². The van der Waals surface area contributed by atoms with Crippen molar-refractivity contribution in [2.45, 2.75) is 59.1 Å². The first-order chi connectivity index (χ1) is 9.24. The van der Waals surface area contributed by atoms with E-state index in [1.807, 2.05) is 20.8 Å². The monoisotopic (exact) mass is 288 g/mol. The average Bonchev–Trinajstić information content (AvgIpc) is 2.28. The van der Waals surface area contributed by atoms with E-state index in [1.165, 1.54) is 0 Å². The molecule has 0 aromatic carbocycles. The van der Waals surface area contributed by atoms with Crippen molar-refractivity contribution in [3.8, 4) is 0 Å². The molecule has 0 bridgehead atoms. The maximum atomic E-state index is 11.5. The number of methoxy groups -OCH3 is 1. The number of amides is 1. The van der Waals surface area contributed by atoms with E-state index >= 15 is 0 Å². The Kier molecular flexibility index (Phi) is 9.59. The second-order valence-electron chi connectivity index (χ2n) is 6.53. The Morgan fingerprint density at radius 2 is 1.90 bits per heavy atom. The standard InChI is InChI=1S/C15H32N2O3/c1-12(2)10-17-13(11-19-6)8-7-9-16-14(18)20-15(3,4)5/h12-13,17H,7-11H2,1-6H3,(H,16,18). The first kappa shape index (κ1) is 19.2. The fraction of sp³-hybridized carbons (Fsp3) is 0.933. The van der Waals surface area contributed by atoms with E-state index in [-0.39, 0.29) is 6.09 Å². The van der Waals surface area contributed by atoms with Crippen LogP contribution in [0.5, 0.6) is 0 Å². The van der Waals surface area contributed by atoms with E-state index in [2.05, 4.69) is 24.5 Å². The summed E-state index contributed by atoms with van der Waals surface area (Å²) in [5, 5.41) is 6.25. The lowest BCUT2D eigenvalue weighted by Crippen LogP contribution is -2.37. The summed E-state index contributed by atoms with van der Waals surface area (Å²) in [5.41, 5.74) is -0.443. The Balaban J connectivity index is 3.80. The number of ether oxygens (including phenoxy) is 2. The van der Waals surface area contributed by atoms with Crippen molar-refractivity contribution < 1.29 is 14.3 Å². The summed E-state index contributed by atoms with van der Waals surface area (Å²) in [6.45, 7) is 12.2. The van der Waals surface area contributed by atoms with Gasteiger partial charge in [0.1, 0.15) is 5.60 Å². The maximum absolute atomic E-state index is 11.5. The smallest absolute Gasteiger partial charge is 0.407 e. The van der Waals surface area contributed by atoms with Crippen LogP contribution in [0.4, 0.5) is 4.79 Å². The van der Waals surface area contributed by atoms with Crippen LogP contribution in [0.15, 0.2) is 0 Å². The third-order valence-electron chi connectivity index (χ3n) is 2.58. The molecular weight excluding hydrogens is 256 g/mol. The molecule has 5 nitrogen and oxygen atoms in total. The number of carbonyl (C=O) groups excluding carboxylic acids is 1. The van der Waals surface area contributed by atoms with E-state index in [1.54, 1.807) is 7.11 Å². The number of hydrogen-bond acceptors (Lipinski definition) is 4. The molecule has 1 amide bonds. The van der Waals surface area contributed by atoms with E-state index in [4.69, 9.17) is 9.47 Å². The Bertz CT molecular complexity index is 262. The topological polar surface area (TPSA) is 59.6 Å². The van der Waals surface area contributed by atoms with Crippen molar-refractivity contribution in [1.29, 1.82) is 0 Å². The van der Waals surface area contributed by atoms with Gasteiger partial charge in [-0.25, -0.2) is 4.79 Å². The minimum Gasteiger partial charge on any atom is -0.444 e. The Morgan fingerprint density at radius 1 is 1.25 bits per heavy atom. The number of nitrogens with one attached hydrogen (secondary N) is 2. The molecule has 0 aromatic heterocycles. The van der Waals surface area contributed by atoms with Crippen LogP contribution in [-0.4, -0.2) is 44.5 Å². The largest absolute Gasteiger partial charge is 0.444 e. The molecule has 0 spiro atoms. The first-order valence-electron chi connectivity index (χ1n) is 7.43. The highest BCUT2D eigenvalue weighted by Gasteiger charge is 2.15. The Hall–Kier alpha value is -0.810. The Labute approximate surface area is 123 Å². The lowest BCUT2D eigenvalue weighted by molar-refractivity contribution is 0.0526. The second-order valence-corrected chi connectivity index (χ2v) is 6.53. The SMILES string of the molecule is COCC(CCCNC(=O)OC(C)(C)C)NCC(C)C. The molecule has 0 aromatic rings. The summed E-state index contributed by atoms with van der Waals surface area (Å²) >= 11 is 0. The van der Waals surface area contributed by atoms with E-state index in [0.717, 1.165) is 19.4 Å². The van der Waals surface area contributed by atoms with Crippen molar-refractivity contribution in [1.82, 2.24) is 10.6 Å². The van der Waals surface area contributed by atoms with Gasteiger partial charge in [0.2, 0.25) is 0 Å². The summed E-state index contributed by atoms with van der Waals surface area (Å²) in [6.07, 6.45) is 1.52. The van der Waals surface area contributed by atoms with Crippen molar-refractivity contribution >= 4 is 6.09 Å². The van der Waals surface area contributed by atoms with Gasteiger partial charge >= 0.3 is 6.09 Å². The molecule has 0 heterocycles. The zero-order valence-electron chi connectivity index (χ0n) is 13.9. The molecule has 1 atom stereocenters. The molecule has 0 saturated carbocycles. The van der Waals surface area contributed by atoms with Gasteiger partial charge in [0.05, 0.1) is 6.61 Å². The number of carbonyl (C=O) groups is 1. The number of rotatable bonds is 9. The lowest BCUT2D eigenvalue weighted by atomic mass is 10.1. The van der Waals surface area contributed by atoms with Crippen molar-refractivity contribution in [2.75, 3.05) is 26.8 Å². The summed E-state index contributed by atoms with van der Waals surface area (Å²) in [6, 6.07) is 0.336. The molecule has 5 heteroatoms.